The molecule has 2 atom stereocenters. The van der Waals surface area contributed by atoms with E-state index in [0.717, 1.165) is 11.1 Å². The molecule has 0 saturated heterocycles. The smallest absolute Gasteiger partial charge is 0.238 e. The molecule has 0 heterocycles. The molecule has 0 unspecified atom stereocenters. The lowest BCUT2D eigenvalue weighted by atomic mass is 10.0. The fraction of sp³-hybridized carbons (Fsp3) is 0.458. The summed E-state index contributed by atoms with van der Waals surface area (Å²) in [7, 11) is -2.03. The largest absolute Gasteiger partial charge is 0.414 e. The molecule has 0 aliphatic carbocycles. The molecule has 2 aromatic rings. The van der Waals surface area contributed by atoms with Gasteiger partial charge in [0.2, 0.25) is 5.91 Å². The molecule has 2 rings (SSSR count). The first kappa shape index (κ1) is 24.6. The van der Waals surface area contributed by atoms with Gasteiger partial charge >= 0.3 is 0 Å². The molecule has 0 aliphatic heterocycles. The zero-order valence-electron chi connectivity index (χ0n) is 18.6. The van der Waals surface area contributed by atoms with Gasteiger partial charge in [-0.1, -0.05) is 81.4 Å². The monoisotopic (exact) mass is 447 g/mol. The molecule has 0 bridgehead atoms. The molecule has 1 amide bonds. The van der Waals surface area contributed by atoms with E-state index >= 15 is 0 Å². The Hall–Kier alpha value is -1.66. The van der Waals surface area contributed by atoms with Crippen LogP contribution in [0.5, 0.6) is 0 Å². The maximum Gasteiger partial charge on any atom is 0.238 e. The average Bonchev–Trinajstić information content (AvgIpc) is 2.72. The molecule has 1 N–H and O–H groups in total. The average molecular weight is 448 g/mol. The molecule has 6 heteroatoms. The highest BCUT2D eigenvalue weighted by Crippen LogP contribution is 2.38. The number of hydrogen-bond donors (Lipinski definition) is 1. The van der Waals surface area contributed by atoms with Crippen LogP contribution in [-0.2, 0) is 9.22 Å². The van der Waals surface area contributed by atoms with Crippen LogP contribution < -0.4 is 0 Å². The number of benzene rings is 2. The van der Waals surface area contributed by atoms with Crippen molar-refractivity contribution in [2.75, 3.05) is 19.0 Å². The summed E-state index contributed by atoms with van der Waals surface area (Å²) in [6.07, 6.45) is -0.808. The minimum absolute atomic E-state index is 0.0547. The van der Waals surface area contributed by atoms with Gasteiger partial charge in [-0.05, 0) is 29.3 Å². The summed E-state index contributed by atoms with van der Waals surface area (Å²) in [5, 5.41) is 10.9. The van der Waals surface area contributed by atoms with Gasteiger partial charge in [0, 0.05) is 0 Å². The minimum atomic E-state index is -2.03. The molecule has 0 spiro atoms. The number of aliphatic hydroxyl groups excluding tert-OH is 1. The zero-order valence-corrected chi connectivity index (χ0v) is 20.4. The van der Waals surface area contributed by atoms with Crippen molar-refractivity contribution < 1.29 is 14.3 Å². The van der Waals surface area contributed by atoms with Gasteiger partial charge in [0.05, 0.1) is 25.3 Å². The first-order chi connectivity index (χ1) is 14.1. The Morgan fingerprint density at radius 1 is 1.03 bits per heavy atom. The summed E-state index contributed by atoms with van der Waals surface area (Å²) < 4.78 is 6.49. The zero-order chi connectivity index (χ0) is 22.4. The van der Waals surface area contributed by atoms with Crippen LogP contribution in [-0.4, -0.2) is 43.3 Å². The van der Waals surface area contributed by atoms with Crippen LogP contribution in [0.25, 0.3) is 0 Å². The van der Waals surface area contributed by atoms with Crippen molar-refractivity contribution in [3.8, 4) is 0 Å². The number of nitrogens with zero attached hydrogens (tertiary/aromatic N) is 1. The number of rotatable bonds is 9. The number of alkyl halides is 1. The van der Waals surface area contributed by atoms with Gasteiger partial charge in [-0.15, -0.1) is 11.6 Å². The van der Waals surface area contributed by atoms with Crippen molar-refractivity contribution in [1.29, 1.82) is 0 Å². The van der Waals surface area contributed by atoms with Gasteiger partial charge in [-0.3, -0.25) is 4.79 Å². The van der Waals surface area contributed by atoms with Gasteiger partial charge in [0.15, 0.2) is 8.32 Å². The third-order valence-electron chi connectivity index (χ3n) is 5.96. The number of hydrogen-bond acceptors (Lipinski definition) is 3. The van der Waals surface area contributed by atoms with Crippen LogP contribution in [0.3, 0.4) is 0 Å². The van der Waals surface area contributed by atoms with Crippen LogP contribution in [0, 0.1) is 0 Å². The van der Waals surface area contributed by atoms with Crippen LogP contribution in [0.1, 0.15) is 44.0 Å². The highest BCUT2D eigenvalue weighted by Gasteiger charge is 2.39. The lowest BCUT2D eigenvalue weighted by Crippen LogP contribution is -2.46. The quantitative estimate of drug-likeness (QED) is 0.405. The molecular weight excluding hydrogens is 414 g/mol. The van der Waals surface area contributed by atoms with Crippen molar-refractivity contribution in [2.24, 2.45) is 0 Å². The third kappa shape index (κ3) is 6.42. The van der Waals surface area contributed by atoms with E-state index in [9.17, 15) is 9.90 Å². The van der Waals surface area contributed by atoms with Crippen LogP contribution in [0.4, 0.5) is 0 Å². The fourth-order valence-corrected chi connectivity index (χ4v) is 4.15. The molecule has 0 aromatic heterocycles. The minimum Gasteiger partial charge on any atom is -0.414 e. The first-order valence-electron chi connectivity index (χ1n) is 10.3. The molecule has 4 nitrogen and oxygen atoms in total. The standard InChI is InChI=1S/C24H34ClNO3Si/c1-24(2,3)30(4,5)29-18-21(19-12-8-6-9-13-19)26(23(28)16-25)17-22(27)20-14-10-7-11-15-20/h6-15,21-22,27H,16-18H2,1-5H3/t21-,22-/m0/s1. The second kappa shape index (κ2) is 10.6. The van der Waals surface area contributed by atoms with Gasteiger partial charge in [0.1, 0.15) is 5.88 Å². The summed E-state index contributed by atoms with van der Waals surface area (Å²) in [4.78, 5) is 14.5. The third-order valence-corrected chi connectivity index (χ3v) is 10.7. The van der Waals surface area contributed by atoms with Crippen LogP contribution in [0.2, 0.25) is 18.1 Å². The molecule has 0 saturated carbocycles. The first-order valence-corrected chi connectivity index (χ1v) is 13.8. The topological polar surface area (TPSA) is 49.8 Å². The van der Waals surface area contributed by atoms with E-state index in [1.807, 2.05) is 60.7 Å². The van der Waals surface area contributed by atoms with Crippen molar-refractivity contribution in [3.05, 3.63) is 71.8 Å². The van der Waals surface area contributed by atoms with E-state index < -0.39 is 14.4 Å². The second-order valence-electron chi connectivity index (χ2n) is 9.10. The number of halogens is 1. The summed E-state index contributed by atoms with van der Waals surface area (Å²) in [6.45, 7) is 11.5. The highest BCUT2D eigenvalue weighted by atomic mass is 35.5. The van der Waals surface area contributed by atoms with E-state index in [2.05, 4.69) is 33.9 Å². The lowest BCUT2D eigenvalue weighted by molar-refractivity contribution is -0.133. The van der Waals surface area contributed by atoms with Crippen LogP contribution in [0.15, 0.2) is 60.7 Å². The molecule has 164 valence electrons. The summed E-state index contributed by atoms with van der Waals surface area (Å²) >= 11 is 5.97. The SMILES string of the molecule is CC(C)(C)[Si](C)(C)OC[C@@H](c1ccccc1)N(C[C@H](O)c1ccccc1)C(=O)CCl. The summed E-state index contributed by atoms with van der Waals surface area (Å²) in [5.41, 5.74) is 1.73. The Morgan fingerprint density at radius 3 is 2.00 bits per heavy atom. The van der Waals surface area contributed by atoms with Crippen LogP contribution >= 0.6 is 11.6 Å². The van der Waals surface area contributed by atoms with Gasteiger partial charge in [-0.25, -0.2) is 0 Å². The van der Waals surface area contributed by atoms with Gasteiger partial charge < -0.3 is 14.4 Å². The number of carbonyl (C=O) groups excluding carboxylic acids is 1. The van der Waals surface area contributed by atoms with Crippen molar-refractivity contribution >= 4 is 25.8 Å². The van der Waals surface area contributed by atoms with Crippen molar-refractivity contribution in [1.82, 2.24) is 4.90 Å². The predicted octanol–water partition coefficient (Wildman–Crippen LogP) is 5.55. The summed E-state index contributed by atoms with van der Waals surface area (Å²) in [5.74, 6) is -0.371. The Balaban J connectivity index is 2.34. The van der Waals surface area contributed by atoms with E-state index in [1.54, 1.807) is 4.90 Å². The van der Waals surface area contributed by atoms with Crippen molar-refractivity contribution in [3.63, 3.8) is 0 Å². The molecule has 0 fully saturated rings. The normalized spacial score (nSPS) is 14.2. The van der Waals surface area contributed by atoms with E-state index in [4.69, 9.17) is 16.0 Å². The maximum absolute atomic E-state index is 12.9. The van der Waals surface area contributed by atoms with Gasteiger partial charge in [-0.2, -0.15) is 0 Å². The Labute approximate surface area is 187 Å². The Bertz CT molecular complexity index is 793. The predicted molar refractivity (Wildman–Crippen MR) is 126 cm³/mol. The number of carbonyl (C=O) groups is 1. The highest BCUT2D eigenvalue weighted by molar-refractivity contribution is 6.74. The lowest BCUT2D eigenvalue weighted by Gasteiger charge is -2.40. The Kier molecular flexibility index (Phi) is 8.68. The molecule has 2 aromatic carbocycles. The Morgan fingerprint density at radius 2 is 1.53 bits per heavy atom. The number of aliphatic hydroxyl groups is 1. The van der Waals surface area contributed by atoms with Gasteiger partial charge in [0.25, 0.3) is 0 Å². The summed E-state index contributed by atoms with van der Waals surface area (Å²) in [6, 6.07) is 18.9. The fourth-order valence-electron chi connectivity index (χ4n) is 2.99. The van der Waals surface area contributed by atoms with E-state index in [-0.39, 0.29) is 29.4 Å². The maximum atomic E-state index is 12.9. The molecule has 0 aliphatic rings. The molecular formula is C24H34ClNO3Si. The molecule has 0 radical (unpaired) electrons. The molecule has 30 heavy (non-hydrogen) atoms. The van der Waals surface area contributed by atoms with Crippen molar-refractivity contribution in [2.45, 2.75) is 51.0 Å². The second-order valence-corrected chi connectivity index (χ2v) is 14.2. The van der Waals surface area contributed by atoms with E-state index in [1.165, 1.54) is 0 Å². The van der Waals surface area contributed by atoms with E-state index in [0.29, 0.717) is 6.61 Å². The number of amides is 1.